The molecule has 0 spiro atoms. The van der Waals surface area contributed by atoms with Crippen molar-refractivity contribution in [2.45, 2.75) is 32.2 Å². The van der Waals surface area contributed by atoms with Crippen LogP contribution in [-0.4, -0.2) is 28.9 Å². The van der Waals surface area contributed by atoms with E-state index >= 15 is 0 Å². The fourth-order valence-corrected chi connectivity index (χ4v) is 2.69. The van der Waals surface area contributed by atoms with E-state index in [-0.39, 0.29) is 17.8 Å². The van der Waals surface area contributed by atoms with Gasteiger partial charge in [0.05, 0.1) is 29.6 Å². The predicted octanol–water partition coefficient (Wildman–Crippen LogP) is 3.18. The quantitative estimate of drug-likeness (QED) is 0.446. The van der Waals surface area contributed by atoms with E-state index in [4.69, 9.17) is 16.3 Å². The molecule has 0 aliphatic heterocycles. The van der Waals surface area contributed by atoms with Crippen LogP contribution in [0.5, 0.6) is 0 Å². The molecule has 2 rings (SSSR count). The van der Waals surface area contributed by atoms with Crippen LogP contribution in [0.4, 0.5) is 0 Å². The molecule has 1 atom stereocenters. The van der Waals surface area contributed by atoms with Gasteiger partial charge in [-0.3, -0.25) is 0 Å². The van der Waals surface area contributed by atoms with Crippen molar-refractivity contribution in [3.8, 4) is 0 Å². The SMILES string of the molecule is CC[C@@H](CC=O)Cn1c(CCl)nc2ccc(C(=O)OC)cc21. The number of hydrogen-bond acceptors (Lipinski definition) is 4. The fraction of sp³-hybridized carbons (Fsp3) is 0.438. The minimum absolute atomic E-state index is 0.221. The van der Waals surface area contributed by atoms with Crippen LogP contribution in [0.15, 0.2) is 18.2 Å². The summed E-state index contributed by atoms with van der Waals surface area (Å²) in [4.78, 5) is 27.0. The van der Waals surface area contributed by atoms with E-state index in [2.05, 4.69) is 4.98 Å². The average Bonchev–Trinajstić information content (AvgIpc) is 2.90. The minimum atomic E-state index is -0.387. The Balaban J connectivity index is 2.48. The maximum absolute atomic E-state index is 11.7. The molecule has 0 N–H and O–H groups in total. The Labute approximate surface area is 134 Å². The third-order valence-corrected chi connectivity index (χ3v) is 4.05. The van der Waals surface area contributed by atoms with Crippen molar-refractivity contribution >= 4 is 34.9 Å². The molecule has 0 amide bonds. The number of methoxy groups -OCH3 is 1. The highest BCUT2D eigenvalue weighted by Crippen LogP contribution is 2.22. The topological polar surface area (TPSA) is 61.2 Å². The summed E-state index contributed by atoms with van der Waals surface area (Å²) in [6, 6.07) is 5.24. The van der Waals surface area contributed by atoms with Crippen LogP contribution < -0.4 is 0 Å². The normalized spacial score (nSPS) is 12.3. The van der Waals surface area contributed by atoms with E-state index in [0.717, 1.165) is 29.6 Å². The van der Waals surface area contributed by atoms with Gasteiger partial charge in [0.15, 0.2) is 0 Å². The van der Waals surface area contributed by atoms with Crippen LogP contribution in [0.1, 0.15) is 35.9 Å². The minimum Gasteiger partial charge on any atom is -0.465 e. The number of carbonyl (C=O) groups is 2. The van der Waals surface area contributed by atoms with Gasteiger partial charge in [0.2, 0.25) is 0 Å². The van der Waals surface area contributed by atoms with Gasteiger partial charge < -0.3 is 14.1 Å². The lowest BCUT2D eigenvalue weighted by atomic mass is 10.0. The summed E-state index contributed by atoms with van der Waals surface area (Å²) in [6.07, 6.45) is 2.32. The molecule has 5 nitrogen and oxygen atoms in total. The van der Waals surface area contributed by atoms with E-state index in [1.54, 1.807) is 18.2 Å². The molecule has 1 aromatic heterocycles. The van der Waals surface area contributed by atoms with Crippen molar-refractivity contribution in [2.24, 2.45) is 5.92 Å². The summed E-state index contributed by atoms with van der Waals surface area (Å²) in [5, 5.41) is 0. The van der Waals surface area contributed by atoms with Crippen molar-refractivity contribution in [3.05, 3.63) is 29.6 Å². The third-order valence-electron chi connectivity index (χ3n) is 3.82. The van der Waals surface area contributed by atoms with Crippen LogP contribution in [0, 0.1) is 5.92 Å². The highest BCUT2D eigenvalue weighted by atomic mass is 35.5. The Morgan fingerprint density at radius 3 is 2.86 bits per heavy atom. The number of rotatable bonds is 7. The molecule has 0 saturated heterocycles. The molecule has 0 unspecified atom stereocenters. The average molecular weight is 323 g/mol. The summed E-state index contributed by atoms with van der Waals surface area (Å²) >= 11 is 5.99. The molecule has 0 aliphatic rings. The van der Waals surface area contributed by atoms with Gasteiger partial charge in [-0.2, -0.15) is 0 Å². The molecule has 6 heteroatoms. The van der Waals surface area contributed by atoms with Crippen molar-refractivity contribution in [2.75, 3.05) is 7.11 Å². The molecule has 1 aromatic carbocycles. The predicted molar refractivity (Wildman–Crippen MR) is 85.1 cm³/mol. The van der Waals surface area contributed by atoms with Gasteiger partial charge in [0.25, 0.3) is 0 Å². The largest absolute Gasteiger partial charge is 0.465 e. The van der Waals surface area contributed by atoms with Gasteiger partial charge in [-0.25, -0.2) is 9.78 Å². The van der Waals surface area contributed by atoms with E-state index in [9.17, 15) is 9.59 Å². The van der Waals surface area contributed by atoms with E-state index in [0.29, 0.717) is 18.5 Å². The summed E-state index contributed by atoms with van der Waals surface area (Å²) in [6.45, 7) is 2.70. The highest BCUT2D eigenvalue weighted by Gasteiger charge is 2.16. The molecule has 0 radical (unpaired) electrons. The standard InChI is InChI=1S/C16H19ClN2O3/c1-3-11(6-7-20)10-19-14-8-12(16(21)22-2)4-5-13(14)18-15(19)9-17/h4-5,7-8,11H,3,6,9-10H2,1-2H3/t11-/m0/s1. The monoisotopic (exact) mass is 322 g/mol. The summed E-state index contributed by atoms with van der Waals surface area (Å²) in [7, 11) is 1.35. The second kappa shape index (κ2) is 7.40. The molecule has 1 heterocycles. The van der Waals surface area contributed by atoms with Gasteiger partial charge in [-0.05, 0) is 24.1 Å². The summed E-state index contributed by atoms with van der Waals surface area (Å²) in [5.74, 6) is 0.850. The van der Waals surface area contributed by atoms with Crippen molar-refractivity contribution < 1.29 is 14.3 Å². The number of ether oxygens (including phenoxy) is 1. The first-order valence-corrected chi connectivity index (χ1v) is 7.75. The van der Waals surface area contributed by atoms with Gasteiger partial charge >= 0.3 is 5.97 Å². The highest BCUT2D eigenvalue weighted by molar-refractivity contribution is 6.16. The number of esters is 1. The number of imidazole rings is 1. The lowest BCUT2D eigenvalue weighted by molar-refractivity contribution is -0.108. The lowest BCUT2D eigenvalue weighted by Gasteiger charge is -2.15. The number of benzene rings is 1. The van der Waals surface area contributed by atoms with E-state index < -0.39 is 0 Å². The number of aldehydes is 1. The number of nitrogens with zero attached hydrogens (tertiary/aromatic N) is 2. The van der Waals surface area contributed by atoms with Gasteiger partial charge in [0.1, 0.15) is 12.1 Å². The molecule has 2 aromatic rings. The Morgan fingerprint density at radius 2 is 2.27 bits per heavy atom. The van der Waals surface area contributed by atoms with Crippen molar-refractivity contribution in [1.29, 1.82) is 0 Å². The number of halogens is 1. The van der Waals surface area contributed by atoms with Crippen LogP contribution in [0.25, 0.3) is 11.0 Å². The smallest absolute Gasteiger partial charge is 0.337 e. The Bertz CT molecular complexity index is 681. The Morgan fingerprint density at radius 1 is 1.50 bits per heavy atom. The maximum Gasteiger partial charge on any atom is 0.337 e. The number of aromatic nitrogens is 2. The molecule has 0 aliphatic carbocycles. The van der Waals surface area contributed by atoms with Crippen molar-refractivity contribution in [3.63, 3.8) is 0 Å². The fourth-order valence-electron chi connectivity index (χ4n) is 2.49. The van der Waals surface area contributed by atoms with Crippen LogP contribution in [0.2, 0.25) is 0 Å². The summed E-state index contributed by atoms with van der Waals surface area (Å²) < 4.78 is 6.75. The molecule has 0 bridgehead atoms. The number of carbonyl (C=O) groups excluding carboxylic acids is 2. The zero-order valence-corrected chi connectivity index (χ0v) is 13.5. The Hall–Kier alpha value is -1.88. The number of fused-ring (bicyclic) bond motifs is 1. The molecule has 0 fully saturated rings. The third kappa shape index (κ3) is 3.30. The zero-order valence-electron chi connectivity index (χ0n) is 12.7. The zero-order chi connectivity index (χ0) is 16.1. The molecule has 22 heavy (non-hydrogen) atoms. The second-order valence-corrected chi connectivity index (χ2v) is 5.41. The number of alkyl halides is 1. The van der Waals surface area contributed by atoms with Crippen LogP contribution in [0.3, 0.4) is 0 Å². The molecule has 0 saturated carbocycles. The summed E-state index contributed by atoms with van der Waals surface area (Å²) in [5.41, 5.74) is 2.09. The van der Waals surface area contributed by atoms with E-state index in [1.165, 1.54) is 7.11 Å². The van der Waals surface area contributed by atoms with Gasteiger partial charge in [0, 0.05) is 13.0 Å². The second-order valence-electron chi connectivity index (χ2n) is 5.14. The first-order valence-electron chi connectivity index (χ1n) is 7.21. The van der Waals surface area contributed by atoms with Gasteiger partial charge in [-0.1, -0.05) is 13.3 Å². The lowest BCUT2D eigenvalue weighted by Crippen LogP contribution is -2.13. The maximum atomic E-state index is 11.7. The number of hydrogen-bond donors (Lipinski definition) is 0. The van der Waals surface area contributed by atoms with Gasteiger partial charge in [-0.15, -0.1) is 11.6 Å². The Kier molecular flexibility index (Phi) is 5.55. The van der Waals surface area contributed by atoms with E-state index in [1.807, 2.05) is 11.5 Å². The first kappa shape index (κ1) is 16.5. The first-order chi connectivity index (χ1) is 10.6. The molecular formula is C16H19ClN2O3. The van der Waals surface area contributed by atoms with Crippen molar-refractivity contribution in [1.82, 2.24) is 9.55 Å². The molecule has 118 valence electrons. The van der Waals surface area contributed by atoms with Crippen LogP contribution >= 0.6 is 11.6 Å². The molecular weight excluding hydrogens is 304 g/mol. The van der Waals surface area contributed by atoms with Crippen LogP contribution in [-0.2, 0) is 22.0 Å².